The van der Waals surface area contributed by atoms with Gasteiger partial charge in [0.05, 0.1) is 5.69 Å². The van der Waals surface area contributed by atoms with Gasteiger partial charge in [0.2, 0.25) is 11.1 Å². The number of rotatable bonds is 3. The van der Waals surface area contributed by atoms with Gasteiger partial charge in [0, 0.05) is 16.9 Å². The molecular formula is C13H16N10O2S. The van der Waals surface area contributed by atoms with Gasteiger partial charge < -0.3 is 5.73 Å². The summed E-state index contributed by atoms with van der Waals surface area (Å²) in [5.74, 6) is 0.553. The molecule has 0 aliphatic carbocycles. The maximum atomic E-state index is 11.5. The van der Waals surface area contributed by atoms with Crippen molar-refractivity contribution in [3.05, 3.63) is 32.5 Å². The molecule has 3 heterocycles. The van der Waals surface area contributed by atoms with Gasteiger partial charge in [0.25, 0.3) is 0 Å². The van der Waals surface area contributed by atoms with Crippen molar-refractivity contribution in [3.8, 4) is 5.95 Å². The lowest BCUT2D eigenvalue weighted by atomic mass is 9.91. The van der Waals surface area contributed by atoms with Crippen molar-refractivity contribution in [2.75, 3.05) is 5.73 Å². The van der Waals surface area contributed by atoms with Crippen LogP contribution in [0.5, 0.6) is 0 Å². The van der Waals surface area contributed by atoms with E-state index in [1.807, 2.05) is 25.8 Å². The molecule has 0 atom stereocenters. The molecule has 0 spiro atoms. The summed E-state index contributed by atoms with van der Waals surface area (Å²) >= 11 is 1.10. The number of hydrogen-bond donors (Lipinski definition) is 3. The lowest BCUT2D eigenvalue weighted by Crippen LogP contribution is -2.28. The molecule has 0 aromatic carbocycles. The Morgan fingerprint density at radius 3 is 2.46 bits per heavy atom. The SMILES string of the molecule is Cc1nsc(N=Nc2c(C(C)(C)C)nn(-c3nc(=O)[nH]c(=O)[nH]3)c2N)n1. The molecule has 13 heteroatoms. The van der Waals surface area contributed by atoms with E-state index in [0.717, 1.165) is 16.2 Å². The third-order valence-electron chi connectivity index (χ3n) is 3.21. The van der Waals surface area contributed by atoms with Gasteiger partial charge in [0.1, 0.15) is 5.82 Å². The molecule has 0 radical (unpaired) electrons. The Labute approximate surface area is 150 Å². The van der Waals surface area contributed by atoms with E-state index >= 15 is 0 Å². The Morgan fingerprint density at radius 1 is 1.15 bits per heavy atom. The first-order valence-electron chi connectivity index (χ1n) is 7.47. The first-order chi connectivity index (χ1) is 12.1. The van der Waals surface area contributed by atoms with Gasteiger partial charge >= 0.3 is 11.4 Å². The summed E-state index contributed by atoms with van der Waals surface area (Å²) in [5.41, 5.74) is 4.98. The largest absolute Gasteiger partial charge is 0.382 e. The van der Waals surface area contributed by atoms with Gasteiger partial charge in [-0.3, -0.25) is 9.97 Å². The van der Waals surface area contributed by atoms with Gasteiger partial charge in [-0.25, -0.2) is 14.6 Å². The normalized spacial score (nSPS) is 12.2. The molecule has 0 amide bonds. The van der Waals surface area contributed by atoms with E-state index in [1.165, 1.54) is 0 Å². The number of azo groups is 1. The minimum Gasteiger partial charge on any atom is -0.382 e. The summed E-state index contributed by atoms with van der Waals surface area (Å²) in [6.07, 6.45) is 0. The molecule has 3 aromatic heterocycles. The summed E-state index contributed by atoms with van der Waals surface area (Å²) in [5, 5.41) is 13.0. The second kappa shape index (κ2) is 6.25. The Bertz CT molecular complexity index is 1070. The second-order valence-corrected chi connectivity index (χ2v) is 7.12. The molecule has 4 N–H and O–H groups in total. The molecule has 136 valence electrons. The number of aromatic nitrogens is 7. The average molecular weight is 376 g/mol. The molecule has 26 heavy (non-hydrogen) atoms. The number of anilines is 1. The second-order valence-electron chi connectivity index (χ2n) is 6.39. The fraction of sp³-hybridized carbons (Fsp3) is 0.385. The molecular weight excluding hydrogens is 360 g/mol. The highest BCUT2D eigenvalue weighted by atomic mass is 32.1. The van der Waals surface area contributed by atoms with Gasteiger partial charge in [-0.15, -0.1) is 10.2 Å². The van der Waals surface area contributed by atoms with Crippen LogP contribution in [0.1, 0.15) is 32.3 Å². The molecule has 12 nitrogen and oxygen atoms in total. The summed E-state index contributed by atoms with van der Waals surface area (Å²) in [6.45, 7) is 7.50. The van der Waals surface area contributed by atoms with Crippen molar-refractivity contribution in [2.45, 2.75) is 33.1 Å². The van der Waals surface area contributed by atoms with Crippen LogP contribution in [0, 0.1) is 6.92 Å². The van der Waals surface area contributed by atoms with Crippen LogP contribution in [-0.4, -0.2) is 34.1 Å². The van der Waals surface area contributed by atoms with E-state index in [0.29, 0.717) is 22.3 Å². The summed E-state index contributed by atoms with van der Waals surface area (Å²) in [7, 11) is 0. The minimum absolute atomic E-state index is 0.0775. The first kappa shape index (κ1) is 17.6. The number of aryl methyl sites for hydroxylation is 1. The molecule has 0 aliphatic rings. The lowest BCUT2D eigenvalue weighted by Gasteiger charge is -2.15. The molecule has 0 saturated heterocycles. The van der Waals surface area contributed by atoms with Gasteiger partial charge in [-0.2, -0.15) is 19.1 Å². The fourth-order valence-electron chi connectivity index (χ4n) is 2.09. The Hall–Kier alpha value is -3.22. The van der Waals surface area contributed by atoms with Gasteiger partial charge in [-0.05, 0) is 6.92 Å². The smallest absolute Gasteiger partial charge is 0.352 e. The monoisotopic (exact) mass is 376 g/mol. The van der Waals surface area contributed by atoms with E-state index in [9.17, 15) is 9.59 Å². The number of H-pyrrole nitrogens is 2. The Balaban J connectivity index is 2.17. The van der Waals surface area contributed by atoms with E-state index in [1.54, 1.807) is 6.92 Å². The zero-order valence-electron chi connectivity index (χ0n) is 14.4. The number of nitrogens with two attached hydrogens (primary N) is 1. The number of hydrogen-bond acceptors (Lipinski definition) is 10. The van der Waals surface area contributed by atoms with Crippen LogP contribution in [0.25, 0.3) is 5.95 Å². The quantitative estimate of drug-likeness (QED) is 0.574. The topological polar surface area (TPSA) is 173 Å². The number of nitrogens with one attached hydrogen (secondary N) is 2. The fourth-order valence-corrected chi connectivity index (χ4v) is 2.59. The van der Waals surface area contributed by atoms with Crippen molar-refractivity contribution in [3.63, 3.8) is 0 Å². The number of aromatic amines is 2. The maximum Gasteiger partial charge on any atom is 0.352 e. The zero-order valence-corrected chi connectivity index (χ0v) is 15.2. The van der Waals surface area contributed by atoms with Crippen LogP contribution in [0.15, 0.2) is 19.8 Å². The van der Waals surface area contributed by atoms with Gasteiger partial charge in [-0.1, -0.05) is 20.8 Å². The van der Waals surface area contributed by atoms with Crippen LogP contribution < -0.4 is 17.1 Å². The molecule has 0 unspecified atom stereocenters. The standard InChI is InChI=1S/C13H16N10O2S/c1-5-15-12(26-22-5)20-19-6-7(13(2,3)4)21-23(8(6)14)9-16-10(24)18-11(25)17-9/h14H2,1-4H3,(H2,16,17,18,24,25). The molecule has 0 bridgehead atoms. The van der Waals surface area contributed by atoms with E-state index in [2.05, 4.69) is 34.7 Å². The molecule has 3 aromatic rings. The van der Waals surface area contributed by atoms with Crippen LogP contribution >= 0.6 is 11.5 Å². The van der Waals surface area contributed by atoms with Crippen LogP contribution in [0.2, 0.25) is 0 Å². The Kier molecular flexibility index (Phi) is 4.23. The predicted octanol–water partition coefficient (Wildman–Crippen LogP) is 1.10. The highest BCUT2D eigenvalue weighted by Gasteiger charge is 2.27. The third kappa shape index (κ3) is 3.42. The average Bonchev–Trinajstić information content (AvgIpc) is 3.07. The van der Waals surface area contributed by atoms with Crippen LogP contribution in [0.3, 0.4) is 0 Å². The molecule has 0 saturated carbocycles. The van der Waals surface area contributed by atoms with E-state index in [-0.39, 0.29) is 11.8 Å². The maximum absolute atomic E-state index is 11.5. The highest BCUT2D eigenvalue weighted by Crippen LogP contribution is 2.37. The summed E-state index contributed by atoms with van der Waals surface area (Å²) < 4.78 is 5.18. The van der Waals surface area contributed by atoms with Crippen molar-refractivity contribution in [1.82, 2.24) is 34.1 Å². The molecule has 0 aliphatic heterocycles. The number of nitrogen functional groups attached to an aromatic ring is 1. The minimum atomic E-state index is -0.816. The lowest BCUT2D eigenvalue weighted by molar-refractivity contribution is 0.558. The Morgan fingerprint density at radius 2 is 1.88 bits per heavy atom. The van der Waals surface area contributed by atoms with E-state index in [4.69, 9.17) is 5.73 Å². The highest BCUT2D eigenvalue weighted by molar-refractivity contribution is 7.09. The predicted molar refractivity (Wildman–Crippen MR) is 94.5 cm³/mol. The van der Waals surface area contributed by atoms with Crippen molar-refractivity contribution in [2.24, 2.45) is 10.2 Å². The first-order valence-corrected chi connectivity index (χ1v) is 8.24. The summed E-state index contributed by atoms with van der Waals surface area (Å²) in [6, 6.07) is 0. The van der Waals surface area contributed by atoms with Crippen LogP contribution in [0.4, 0.5) is 16.6 Å². The van der Waals surface area contributed by atoms with Crippen molar-refractivity contribution < 1.29 is 0 Å². The molecule has 0 fully saturated rings. The van der Waals surface area contributed by atoms with Gasteiger partial charge in [0.15, 0.2) is 11.5 Å². The summed E-state index contributed by atoms with van der Waals surface area (Å²) in [4.78, 5) is 35.1. The third-order valence-corrected chi connectivity index (χ3v) is 3.90. The van der Waals surface area contributed by atoms with E-state index < -0.39 is 16.8 Å². The number of nitrogens with zero attached hydrogens (tertiary/aromatic N) is 7. The molecule has 3 rings (SSSR count). The van der Waals surface area contributed by atoms with Crippen LogP contribution in [-0.2, 0) is 5.41 Å². The van der Waals surface area contributed by atoms with Crippen molar-refractivity contribution >= 4 is 28.2 Å². The van der Waals surface area contributed by atoms with Crippen molar-refractivity contribution in [1.29, 1.82) is 0 Å². The zero-order chi connectivity index (χ0) is 19.1.